The smallest absolute Gasteiger partial charge is 0.170 e. The summed E-state index contributed by atoms with van der Waals surface area (Å²) in [5.74, 6) is 0.750. The lowest BCUT2D eigenvalue weighted by Crippen LogP contribution is -2.30. The summed E-state index contributed by atoms with van der Waals surface area (Å²) in [5.41, 5.74) is 2.60. The van der Waals surface area contributed by atoms with Crippen LogP contribution in [0.5, 0.6) is 0 Å². The van der Waals surface area contributed by atoms with Gasteiger partial charge in [0.1, 0.15) is 0 Å². The predicted molar refractivity (Wildman–Crippen MR) is 84.6 cm³/mol. The van der Waals surface area contributed by atoms with Gasteiger partial charge in [-0.15, -0.1) is 0 Å². The van der Waals surface area contributed by atoms with Gasteiger partial charge in [0.05, 0.1) is 0 Å². The Morgan fingerprint density at radius 3 is 2.58 bits per heavy atom. The molecule has 1 aromatic rings. The van der Waals surface area contributed by atoms with Gasteiger partial charge in [-0.05, 0) is 61.5 Å². The van der Waals surface area contributed by atoms with Crippen LogP contribution in [0.25, 0.3) is 0 Å². The molecule has 0 saturated heterocycles. The Labute approximate surface area is 121 Å². The van der Waals surface area contributed by atoms with Gasteiger partial charge in [0, 0.05) is 11.7 Å². The number of thiocarbonyl (C=S) groups is 1. The van der Waals surface area contributed by atoms with Crippen LogP contribution >= 0.6 is 12.2 Å². The van der Waals surface area contributed by atoms with Crippen molar-refractivity contribution in [3.63, 3.8) is 0 Å². The van der Waals surface area contributed by atoms with E-state index in [4.69, 9.17) is 12.2 Å². The van der Waals surface area contributed by atoms with E-state index in [1.807, 2.05) is 0 Å². The van der Waals surface area contributed by atoms with Crippen molar-refractivity contribution in [1.82, 2.24) is 5.32 Å². The second kappa shape index (κ2) is 5.91. The Kier molecular flexibility index (Phi) is 4.02. The molecule has 0 unspecified atom stereocenters. The molecule has 0 spiro atoms. The van der Waals surface area contributed by atoms with Crippen molar-refractivity contribution in [2.75, 3.05) is 5.32 Å². The minimum atomic E-state index is 0.613. The Morgan fingerprint density at radius 2 is 1.84 bits per heavy atom. The molecule has 1 aromatic carbocycles. The van der Waals surface area contributed by atoms with Crippen LogP contribution in [0.4, 0.5) is 5.69 Å². The van der Waals surface area contributed by atoms with Crippen LogP contribution < -0.4 is 10.6 Å². The van der Waals surface area contributed by atoms with E-state index in [1.165, 1.54) is 50.5 Å². The van der Waals surface area contributed by atoms with Gasteiger partial charge in [0.25, 0.3) is 0 Å². The van der Waals surface area contributed by atoms with E-state index in [9.17, 15) is 0 Å². The van der Waals surface area contributed by atoms with Crippen molar-refractivity contribution >= 4 is 23.0 Å². The molecule has 19 heavy (non-hydrogen) atoms. The van der Waals surface area contributed by atoms with Crippen molar-refractivity contribution < 1.29 is 0 Å². The summed E-state index contributed by atoms with van der Waals surface area (Å²) < 4.78 is 0. The summed E-state index contributed by atoms with van der Waals surface area (Å²) in [7, 11) is 0. The molecule has 2 fully saturated rings. The number of nitrogens with one attached hydrogen (secondary N) is 2. The van der Waals surface area contributed by atoms with E-state index < -0.39 is 0 Å². The van der Waals surface area contributed by atoms with Crippen molar-refractivity contribution in [3.8, 4) is 0 Å². The Bertz CT molecular complexity index is 448. The largest absolute Gasteiger partial charge is 0.360 e. The summed E-state index contributed by atoms with van der Waals surface area (Å²) in [6.07, 6.45) is 9.36. The summed E-state index contributed by atoms with van der Waals surface area (Å²) >= 11 is 5.33. The SMILES string of the molecule is S=C(Nc1cccc(C2CCCCC2)c1)NC1CC1. The highest BCUT2D eigenvalue weighted by Gasteiger charge is 2.22. The first-order valence-corrected chi connectivity index (χ1v) is 7.89. The van der Waals surface area contributed by atoms with Gasteiger partial charge in [0.15, 0.2) is 5.11 Å². The highest BCUT2D eigenvalue weighted by atomic mass is 32.1. The lowest BCUT2D eigenvalue weighted by molar-refractivity contribution is 0.444. The van der Waals surface area contributed by atoms with Gasteiger partial charge in [-0.25, -0.2) is 0 Å². The summed E-state index contributed by atoms with van der Waals surface area (Å²) in [5, 5.41) is 7.40. The monoisotopic (exact) mass is 274 g/mol. The van der Waals surface area contributed by atoms with Crippen LogP contribution in [0.3, 0.4) is 0 Å². The number of benzene rings is 1. The van der Waals surface area contributed by atoms with Crippen LogP contribution in [0, 0.1) is 0 Å². The first kappa shape index (κ1) is 12.9. The lowest BCUT2D eigenvalue weighted by atomic mass is 9.84. The van der Waals surface area contributed by atoms with Gasteiger partial charge in [0.2, 0.25) is 0 Å². The van der Waals surface area contributed by atoms with Gasteiger partial charge in [-0.2, -0.15) is 0 Å². The second-order valence-electron chi connectivity index (χ2n) is 5.83. The molecule has 3 rings (SSSR count). The molecule has 0 atom stereocenters. The van der Waals surface area contributed by atoms with E-state index in [2.05, 4.69) is 34.9 Å². The summed E-state index contributed by atoms with van der Waals surface area (Å²) in [6, 6.07) is 9.40. The van der Waals surface area contributed by atoms with Crippen molar-refractivity contribution in [2.45, 2.75) is 56.9 Å². The molecular weight excluding hydrogens is 252 g/mol. The van der Waals surface area contributed by atoms with Crippen LogP contribution in [-0.2, 0) is 0 Å². The molecular formula is C16H22N2S. The van der Waals surface area contributed by atoms with Gasteiger partial charge < -0.3 is 10.6 Å². The van der Waals surface area contributed by atoms with E-state index in [-0.39, 0.29) is 0 Å². The molecule has 2 N–H and O–H groups in total. The number of anilines is 1. The third-order valence-corrected chi connectivity index (χ3v) is 4.35. The molecule has 2 aliphatic rings. The highest BCUT2D eigenvalue weighted by Crippen LogP contribution is 2.33. The highest BCUT2D eigenvalue weighted by molar-refractivity contribution is 7.80. The lowest BCUT2D eigenvalue weighted by Gasteiger charge is -2.22. The second-order valence-corrected chi connectivity index (χ2v) is 6.24. The van der Waals surface area contributed by atoms with Crippen molar-refractivity contribution in [1.29, 1.82) is 0 Å². The molecule has 0 radical (unpaired) electrons. The Balaban J connectivity index is 1.62. The van der Waals surface area contributed by atoms with Gasteiger partial charge in [-0.1, -0.05) is 31.4 Å². The maximum atomic E-state index is 5.33. The zero-order valence-electron chi connectivity index (χ0n) is 11.3. The Hall–Kier alpha value is -1.09. The predicted octanol–water partition coefficient (Wildman–Crippen LogP) is 4.18. The molecule has 2 nitrogen and oxygen atoms in total. The fourth-order valence-corrected chi connectivity index (χ4v) is 3.17. The van der Waals surface area contributed by atoms with Crippen LogP contribution in [0.1, 0.15) is 56.4 Å². The van der Waals surface area contributed by atoms with Gasteiger partial charge >= 0.3 is 0 Å². The zero-order chi connectivity index (χ0) is 13.1. The van der Waals surface area contributed by atoms with E-state index in [0.29, 0.717) is 6.04 Å². The maximum Gasteiger partial charge on any atom is 0.170 e. The molecule has 102 valence electrons. The average Bonchev–Trinajstić information content (AvgIpc) is 3.24. The molecule has 0 amide bonds. The molecule has 3 heteroatoms. The third kappa shape index (κ3) is 3.69. The minimum absolute atomic E-state index is 0.613. The summed E-state index contributed by atoms with van der Waals surface area (Å²) in [6.45, 7) is 0. The molecule has 0 heterocycles. The molecule has 2 aliphatic carbocycles. The van der Waals surface area contributed by atoms with Crippen LogP contribution in [-0.4, -0.2) is 11.2 Å². The fraction of sp³-hybridized carbons (Fsp3) is 0.562. The topological polar surface area (TPSA) is 24.1 Å². The first-order chi connectivity index (χ1) is 9.31. The zero-order valence-corrected chi connectivity index (χ0v) is 12.1. The van der Waals surface area contributed by atoms with Crippen molar-refractivity contribution in [3.05, 3.63) is 29.8 Å². The van der Waals surface area contributed by atoms with Crippen LogP contribution in [0.15, 0.2) is 24.3 Å². The summed E-state index contributed by atoms with van der Waals surface area (Å²) in [4.78, 5) is 0. The first-order valence-electron chi connectivity index (χ1n) is 7.49. The molecule has 0 aliphatic heterocycles. The molecule has 0 bridgehead atoms. The quantitative estimate of drug-likeness (QED) is 0.808. The molecule has 2 saturated carbocycles. The minimum Gasteiger partial charge on any atom is -0.360 e. The van der Waals surface area contributed by atoms with E-state index >= 15 is 0 Å². The normalized spacial score (nSPS) is 20.0. The van der Waals surface area contributed by atoms with Crippen molar-refractivity contribution in [2.24, 2.45) is 0 Å². The standard InChI is InChI=1S/C16H22N2S/c19-16(17-14-9-10-14)18-15-8-4-7-13(11-15)12-5-2-1-3-6-12/h4,7-8,11-12,14H,1-3,5-6,9-10H2,(H2,17,18,19). The average molecular weight is 274 g/mol. The number of rotatable bonds is 3. The third-order valence-electron chi connectivity index (χ3n) is 4.13. The molecule has 0 aromatic heterocycles. The maximum absolute atomic E-state index is 5.33. The fourth-order valence-electron chi connectivity index (χ4n) is 2.89. The van der Waals surface area contributed by atoms with Gasteiger partial charge in [-0.3, -0.25) is 0 Å². The number of hydrogen-bond donors (Lipinski definition) is 2. The Morgan fingerprint density at radius 1 is 1.05 bits per heavy atom. The number of hydrogen-bond acceptors (Lipinski definition) is 1. The van der Waals surface area contributed by atoms with E-state index in [0.717, 1.165) is 16.7 Å². The van der Waals surface area contributed by atoms with Crippen LogP contribution in [0.2, 0.25) is 0 Å². The van der Waals surface area contributed by atoms with E-state index in [1.54, 1.807) is 0 Å².